The third-order valence-corrected chi connectivity index (χ3v) is 12.3. The van der Waals surface area contributed by atoms with Crippen molar-refractivity contribution in [1.82, 2.24) is 0 Å². The highest BCUT2D eigenvalue weighted by Gasteiger charge is 2.19. The molecule has 23 nitrogen and oxygen atoms in total. The zero-order valence-corrected chi connectivity index (χ0v) is 57.9. The van der Waals surface area contributed by atoms with Crippen molar-refractivity contribution < 1.29 is 110 Å². The Kier molecular flexibility index (Phi) is 55.2. The number of aliphatic carboxylic acids is 1. The predicted octanol–water partition coefficient (Wildman–Crippen LogP) is 7.70. The number of carbonyl (C=O) groups is 1. The van der Waals surface area contributed by atoms with E-state index in [2.05, 4.69) is 6.58 Å². The molecule has 0 amide bonds. The summed E-state index contributed by atoms with van der Waals surface area (Å²) in [4.78, 5) is 9.60. The molecule has 522 valence electrons. The monoisotopic (exact) mass is 1260 g/mol. The number of hydrogen-bond acceptors (Lipinski definition) is 22. The van der Waals surface area contributed by atoms with E-state index in [1.165, 1.54) is 6.92 Å². The first kappa shape index (κ1) is 87.4. The van der Waals surface area contributed by atoms with E-state index in [0.29, 0.717) is 119 Å². The van der Waals surface area contributed by atoms with Gasteiger partial charge in [0.1, 0.15) is 0 Å². The minimum Gasteiger partial charge on any atom is -0.478 e. The maximum atomic E-state index is 9.60. The molecule has 20 atom stereocenters. The molecule has 0 spiro atoms. The Morgan fingerprint density at radius 2 is 0.345 bits per heavy atom. The van der Waals surface area contributed by atoms with Crippen LogP contribution in [0.1, 0.15) is 145 Å². The maximum Gasteiger partial charge on any atom is 0.330 e. The van der Waals surface area contributed by atoms with Gasteiger partial charge in [0.25, 0.3) is 0 Å². The molecule has 0 rings (SSSR count). The number of carboxylic acid groups (broad SMARTS) is 1. The number of aliphatic hydroxyl groups is 2. The summed E-state index contributed by atoms with van der Waals surface area (Å²) in [5, 5.41) is 26.3. The van der Waals surface area contributed by atoms with Gasteiger partial charge in [-0.05, 0) is 145 Å². The molecule has 0 aromatic rings. The molecular formula is C64H128O23. The Bertz CT molecular complexity index is 1560. The number of hydrogen-bond donors (Lipinski definition) is 3. The molecule has 0 aliphatic carbocycles. The fourth-order valence-electron chi connectivity index (χ4n) is 6.62. The standard InChI is InChI=1S/C60H122O21.C4H6O2/c1-41(62)22-63-43(3)24-65-45(5)26-67-47(7)28-69-49(9)30-71-51(11)32-73-53(13)34-75-55(15)36-77-57(17)38-79-59(19)40-81-60(20)39-80-58(18)37-78-56(16)35-76-54(14)33-74-52(12)31-72-50(10)29-70-48(8)27-68-46(6)25-66-44(4)23-64-42(2)21-61;1-3(2)4(5)6/h41-62H,21-40H2,1-20H3;1H2,2H3,(H,5,6). The Hall–Kier alpha value is -1.63. The summed E-state index contributed by atoms with van der Waals surface area (Å²) in [6.07, 6.45) is -2.63. The van der Waals surface area contributed by atoms with Gasteiger partial charge >= 0.3 is 5.97 Å². The van der Waals surface area contributed by atoms with Crippen LogP contribution in [-0.2, 0) is 94.8 Å². The number of aliphatic hydroxyl groups excluding tert-OH is 2. The van der Waals surface area contributed by atoms with Crippen molar-refractivity contribution in [3.8, 4) is 0 Å². The maximum absolute atomic E-state index is 9.60. The molecule has 3 N–H and O–H groups in total. The third-order valence-electron chi connectivity index (χ3n) is 12.3. The van der Waals surface area contributed by atoms with E-state index < -0.39 is 12.1 Å². The fourth-order valence-corrected chi connectivity index (χ4v) is 6.62. The third kappa shape index (κ3) is 58.0. The van der Waals surface area contributed by atoms with Gasteiger partial charge in [-0.3, -0.25) is 0 Å². The molecular weight excluding hydrogens is 1140 g/mol. The molecule has 0 fully saturated rings. The summed E-state index contributed by atoms with van der Waals surface area (Å²) in [5.74, 6) is -0.935. The second-order valence-electron chi connectivity index (χ2n) is 23.9. The lowest BCUT2D eigenvalue weighted by atomic mass is 10.3. The minimum atomic E-state index is -0.935. The van der Waals surface area contributed by atoms with Gasteiger partial charge in [-0.15, -0.1) is 0 Å². The molecule has 0 aromatic carbocycles. The van der Waals surface area contributed by atoms with Crippen LogP contribution in [0, 0.1) is 0 Å². The highest BCUT2D eigenvalue weighted by Crippen LogP contribution is 2.10. The molecule has 0 aliphatic heterocycles. The van der Waals surface area contributed by atoms with Crippen molar-refractivity contribution in [3.05, 3.63) is 12.2 Å². The molecule has 23 heteroatoms. The Balaban J connectivity index is 0. The van der Waals surface area contributed by atoms with E-state index in [1.807, 2.05) is 132 Å². The summed E-state index contributed by atoms with van der Waals surface area (Å²) < 4.78 is 112. The summed E-state index contributed by atoms with van der Waals surface area (Å²) in [6, 6.07) is 0. The van der Waals surface area contributed by atoms with Crippen LogP contribution in [0.4, 0.5) is 0 Å². The van der Waals surface area contributed by atoms with E-state index in [0.717, 1.165) is 0 Å². The molecule has 0 aliphatic rings. The predicted molar refractivity (Wildman–Crippen MR) is 334 cm³/mol. The van der Waals surface area contributed by atoms with Crippen LogP contribution in [0.15, 0.2) is 12.2 Å². The molecule has 0 saturated heterocycles. The van der Waals surface area contributed by atoms with Gasteiger partial charge in [-0.2, -0.15) is 0 Å². The second kappa shape index (κ2) is 54.9. The summed E-state index contributed by atoms with van der Waals surface area (Å²) in [5.41, 5.74) is 0.176. The molecule has 0 radical (unpaired) electrons. The van der Waals surface area contributed by atoms with Crippen LogP contribution in [0.5, 0.6) is 0 Å². The molecule has 87 heavy (non-hydrogen) atoms. The number of carboxylic acids is 1. The van der Waals surface area contributed by atoms with E-state index in [4.69, 9.17) is 100 Å². The van der Waals surface area contributed by atoms with Gasteiger partial charge in [-0.1, -0.05) is 6.58 Å². The van der Waals surface area contributed by atoms with Gasteiger partial charge < -0.3 is 105 Å². The van der Waals surface area contributed by atoms with Crippen LogP contribution < -0.4 is 0 Å². The van der Waals surface area contributed by atoms with E-state index in [1.54, 1.807) is 6.92 Å². The zero-order valence-electron chi connectivity index (χ0n) is 57.9. The van der Waals surface area contributed by atoms with E-state index >= 15 is 0 Å². The first-order chi connectivity index (χ1) is 40.9. The lowest BCUT2D eigenvalue weighted by Crippen LogP contribution is -2.31. The molecule has 0 saturated carbocycles. The van der Waals surface area contributed by atoms with E-state index in [9.17, 15) is 9.90 Å². The number of ether oxygens (including phenoxy) is 19. The number of rotatable bonds is 59. The highest BCUT2D eigenvalue weighted by molar-refractivity contribution is 5.84. The first-order valence-electron chi connectivity index (χ1n) is 31.8. The first-order valence-corrected chi connectivity index (χ1v) is 31.8. The fraction of sp³-hybridized carbons (Fsp3) is 0.953. The van der Waals surface area contributed by atoms with Gasteiger partial charge in [0.15, 0.2) is 0 Å². The summed E-state index contributed by atoms with van der Waals surface area (Å²) >= 11 is 0. The van der Waals surface area contributed by atoms with Crippen molar-refractivity contribution in [2.24, 2.45) is 0 Å². The zero-order chi connectivity index (χ0) is 66.3. The van der Waals surface area contributed by atoms with Crippen molar-refractivity contribution >= 4 is 5.97 Å². The van der Waals surface area contributed by atoms with Gasteiger partial charge in [0, 0.05) is 5.57 Å². The molecule has 20 unspecified atom stereocenters. The van der Waals surface area contributed by atoms with E-state index in [-0.39, 0.29) is 135 Å². The molecule has 0 bridgehead atoms. The largest absolute Gasteiger partial charge is 0.478 e. The van der Waals surface area contributed by atoms with Crippen LogP contribution in [0.25, 0.3) is 0 Å². The Morgan fingerprint density at radius 3 is 0.425 bits per heavy atom. The normalized spacial score (nSPS) is 19.1. The van der Waals surface area contributed by atoms with Crippen LogP contribution in [0.2, 0.25) is 0 Å². The van der Waals surface area contributed by atoms with Gasteiger partial charge in [-0.25, -0.2) is 4.79 Å². The smallest absolute Gasteiger partial charge is 0.330 e. The SMILES string of the molecule is C=C(C)C(=O)O.CC(O)COC(C)COC(C)COC(C)COC(C)COC(C)COC(C)COC(C)COC(C)COC(C)COC(C)COC(C)COC(C)COC(C)COC(C)COC(C)COC(C)COC(C)COC(C)COC(C)CO. The average Bonchev–Trinajstić information content (AvgIpc) is 3.56. The topological polar surface area (TPSA) is 253 Å². The average molecular weight is 1270 g/mol. The lowest BCUT2D eigenvalue weighted by molar-refractivity contribution is -0.132. The van der Waals surface area contributed by atoms with Crippen LogP contribution in [0.3, 0.4) is 0 Å². The van der Waals surface area contributed by atoms with Gasteiger partial charge in [0.2, 0.25) is 0 Å². The van der Waals surface area contributed by atoms with Crippen molar-refractivity contribution in [2.75, 3.05) is 132 Å². The highest BCUT2D eigenvalue weighted by atomic mass is 16.6. The quantitative estimate of drug-likeness (QED) is 0.0493. The van der Waals surface area contributed by atoms with Crippen LogP contribution in [-0.4, -0.2) is 276 Å². The molecule has 0 aromatic heterocycles. The second-order valence-corrected chi connectivity index (χ2v) is 23.9. The summed E-state index contributed by atoms with van der Waals surface area (Å²) in [6.45, 7) is 51.7. The Labute approximate surface area is 526 Å². The van der Waals surface area contributed by atoms with Crippen molar-refractivity contribution in [1.29, 1.82) is 0 Å². The lowest BCUT2D eigenvalue weighted by Gasteiger charge is -2.24. The van der Waals surface area contributed by atoms with Crippen molar-refractivity contribution in [2.45, 2.75) is 267 Å². The van der Waals surface area contributed by atoms with Gasteiger partial charge in [0.05, 0.1) is 254 Å². The van der Waals surface area contributed by atoms with Crippen LogP contribution >= 0.6 is 0 Å². The Morgan fingerprint density at radius 1 is 0.253 bits per heavy atom. The molecule has 0 heterocycles. The van der Waals surface area contributed by atoms with Crippen molar-refractivity contribution in [3.63, 3.8) is 0 Å². The summed E-state index contributed by atoms with van der Waals surface area (Å²) in [7, 11) is 0. The minimum absolute atomic E-state index is 0.0133.